The monoisotopic (exact) mass is 335 g/mol. The fourth-order valence-corrected chi connectivity index (χ4v) is 2.68. The van der Waals surface area contributed by atoms with Gasteiger partial charge in [0.15, 0.2) is 0 Å². The average molecular weight is 335 g/mol. The van der Waals surface area contributed by atoms with Crippen LogP contribution in [0.1, 0.15) is 30.0 Å². The Balaban J connectivity index is 2.66. The first kappa shape index (κ1) is 17.6. The Kier molecular flexibility index (Phi) is 4.36. The summed E-state index contributed by atoms with van der Waals surface area (Å²) in [6.45, 7) is 1.77. The van der Waals surface area contributed by atoms with E-state index in [1.165, 1.54) is 12.2 Å². The third kappa shape index (κ3) is 3.44. The third-order valence-electron chi connectivity index (χ3n) is 3.97. The standard InChI is InChI=1S/C16H15F6N/c1-2-10-5-3-4-6-14(10,23)11-7-12(15(17,18)19)9-13(8-11)16(20,21)22/h3-10H,2,23H2,1H3. The molecule has 0 fully saturated rings. The first-order valence-electron chi connectivity index (χ1n) is 6.93. The number of hydrogen-bond donors (Lipinski definition) is 1. The zero-order valence-electron chi connectivity index (χ0n) is 12.2. The highest BCUT2D eigenvalue weighted by Gasteiger charge is 2.40. The van der Waals surface area contributed by atoms with Gasteiger partial charge < -0.3 is 5.73 Å². The Morgan fingerprint density at radius 1 is 0.957 bits per heavy atom. The normalized spacial score (nSPS) is 25.0. The molecule has 126 valence electrons. The molecule has 0 saturated carbocycles. The van der Waals surface area contributed by atoms with Gasteiger partial charge in [-0.15, -0.1) is 0 Å². The van der Waals surface area contributed by atoms with E-state index in [-0.39, 0.29) is 11.6 Å². The van der Waals surface area contributed by atoms with Crippen LogP contribution in [0.2, 0.25) is 0 Å². The SMILES string of the molecule is CCC1C=CC=CC1(N)c1cc(C(F)(F)F)cc(C(F)(F)F)c1. The molecular weight excluding hydrogens is 320 g/mol. The van der Waals surface area contributed by atoms with Crippen LogP contribution >= 0.6 is 0 Å². The second-order valence-electron chi connectivity index (χ2n) is 5.49. The molecule has 0 bridgehead atoms. The van der Waals surface area contributed by atoms with Crippen molar-refractivity contribution in [2.24, 2.45) is 11.7 Å². The van der Waals surface area contributed by atoms with Gasteiger partial charge in [-0.3, -0.25) is 0 Å². The van der Waals surface area contributed by atoms with Gasteiger partial charge in [-0.2, -0.15) is 26.3 Å². The number of rotatable bonds is 2. The highest BCUT2D eigenvalue weighted by Crippen LogP contribution is 2.41. The highest BCUT2D eigenvalue weighted by atomic mass is 19.4. The fourth-order valence-electron chi connectivity index (χ4n) is 2.68. The molecule has 0 aliphatic heterocycles. The summed E-state index contributed by atoms with van der Waals surface area (Å²) in [7, 11) is 0. The summed E-state index contributed by atoms with van der Waals surface area (Å²) in [5.41, 5.74) is 1.86. The molecule has 2 rings (SSSR count). The molecule has 1 nitrogen and oxygen atoms in total. The van der Waals surface area contributed by atoms with Crippen molar-refractivity contribution >= 4 is 0 Å². The van der Waals surface area contributed by atoms with Gasteiger partial charge in [0.05, 0.1) is 16.7 Å². The molecule has 1 aliphatic rings. The summed E-state index contributed by atoms with van der Waals surface area (Å²) >= 11 is 0. The summed E-state index contributed by atoms with van der Waals surface area (Å²) in [6.07, 6.45) is -2.96. The predicted molar refractivity (Wildman–Crippen MR) is 74.4 cm³/mol. The van der Waals surface area contributed by atoms with Crippen LogP contribution in [0.25, 0.3) is 0 Å². The Bertz CT molecular complexity index is 609. The quantitative estimate of drug-likeness (QED) is 0.754. The van der Waals surface area contributed by atoms with Crippen molar-refractivity contribution in [2.45, 2.75) is 31.2 Å². The van der Waals surface area contributed by atoms with Crippen molar-refractivity contribution in [1.82, 2.24) is 0 Å². The molecule has 0 amide bonds. The van der Waals surface area contributed by atoms with Crippen LogP contribution < -0.4 is 5.73 Å². The van der Waals surface area contributed by atoms with E-state index in [1.54, 1.807) is 19.1 Å². The maximum atomic E-state index is 13.0. The van der Waals surface area contributed by atoms with Crippen molar-refractivity contribution in [3.05, 3.63) is 59.2 Å². The summed E-state index contributed by atoms with van der Waals surface area (Å²) in [5.74, 6) is -0.392. The van der Waals surface area contributed by atoms with Crippen molar-refractivity contribution in [2.75, 3.05) is 0 Å². The van der Waals surface area contributed by atoms with E-state index in [0.29, 0.717) is 18.6 Å². The maximum absolute atomic E-state index is 13.0. The Hall–Kier alpha value is -1.76. The van der Waals surface area contributed by atoms with Crippen molar-refractivity contribution < 1.29 is 26.3 Å². The van der Waals surface area contributed by atoms with Crippen LogP contribution in [0.3, 0.4) is 0 Å². The molecule has 0 aromatic heterocycles. The molecule has 23 heavy (non-hydrogen) atoms. The molecule has 0 heterocycles. The lowest BCUT2D eigenvalue weighted by Gasteiger charge is -2.36. The lowest BCUT2D eigenvalue weighted by atomic mass is 9.74. The minimum atomic E-state index is -4.89. The molecule has 0 saturated heterocycles. The number of nitrogens with two attached hydrogens (primary N) is 1. The van der Waals surface area contributed by atoms with Gasteiger partial charge in [0, 0.05) is 5.92 Å². The van der Waals surface area contributed by atoms with Crippen LogP contribution in [0.4, 0.5) is 26.3 Å². The van der Waals surface area contributed by atoms with Crippen LogP contribution in [0, 0.1) is 5.92 Å². The predicted octanol–water partition coefficient (Wildman–Crippen LogP) is 5.03. The number of halogens is 6. The molecular formula is C16H15F6N. The van der Waals surface area contributed by atoms with Crippen molar-refractivity contribution in [3.8, 4) is 0 Å². The molecule has 2 atom stereocenters. The van der Waals surface area contributed by atoms with Crippen LogP contribution in [-0.2, 0) is 17.9 Å². The van der Waals surface area contributed by atoms with E-state index < -0.39 is 34.9 Å². The zero-order valence-corrected chi connectivity index (χ0v) is 12.2. The third-order valence-corrected chi connectivity index (χ3v) is 3.97. The molecule has 0 spiro atoms. The second-order valence-corrected chi connectivity index (χ2v) is 5.49. The van der Waals surface area contributed by atoms with E-state index >= 15 is 0 Å². The summed E-state index contributed by atoms with van der Waals surface area (Å²) in [5, 5.41) is 0. The van der Waals surface area contributed by atoms with E-state index in [2.05, 4.69) is 0 Å². The summed E-state index contributed by atoms with van der Waals surface area (Å²) in [4.78, 5) is 0. The molecule has 1 aliphatic carbocycles. The smallest absolute Gasteiger partial charge is 0.318 e. The van der Waals surface area contributed by atoms with Gasteiger partial charge in [-0.05, 0) is 30.2 Å². The number of alkyl halides is 6. The van der Waals surface area contributed by atoms with Crippen molar-refractivity contribution in [3.63, 3.8) is 0 Å². The van der Waals surface area contributed by atoms with Gasteiger partial charge in [-0.25, -0.2) is 0 Å². The van der Waals surface area contributed by atoms with Crippen LogP contribution in [0.5, 0.6) is 0 Å². The zero-order chi connectivity index (χ0) is 17.5. The van der Waals surface area contributed by atoms with E-state index in [4.69, 9.17) is 5.73 Å². The molecule has 0 radical (unpaired) electrons. The first-order chi connectivity index (χ1) is 10.5. The molecule has 1 aromatic rings. The minimum Gasteiger partial charge on any atom is -0.318 e. The lowest BCUT2D eigenvalue weighted by Crippen LogP contribution is -2.42. The molecule has 2 unspecified atom stereocenters. The number of hydrogen-bond acceptors (Lipinski definition) is 1. The number of allylic oxidation sites excluding steroid dienone is 2. The van der Waals surface area contributed by atoms with E-state index in [0.717, 1.165) is 0 Å². The Morgan fingerprint density at radius 3 is 1.91 bits per heavy atom. The minimum absolute atomic E-state index is 0.107. The van der Waals surface area contributed by atoms with Gasteiger partial charge in [-0.1, -0.05) is 31.2 Å². The fraction of sp³-hybridized carbons (Fsp3) is 0.375. The maximum Gasteiger partial charge on any atom is 0.416 e. The first-order valence-corrected chi connectivity index (χ1v) is 6.93. The second kappa shape index (κ2) is 5.70. The average Bonchev–Trinajstić information content (AvgIpc) is 2.45. The van der Waals surface area contributed by atoms with Gasteiger partial charge >= 0.3 is 12.4 Å². The van der Waals surface area contributed by atoms with Crippen molar-refractivity contribution in [1.29, 1.82) is 0 Å². The van der Waals surface area contributed by atoms with Gasteiger partial charge in [0.2, 0.25) is 0 Å². The molecule has 1 aromatic carbocycles. The highest BCUT2D eigenvalue weighted by molar-refractivity contribution is 5.42. The number of benzene rings is 1. The van der Waals surface area contributed by atoms with Gasteiger partial charge in [0.1, 0.15) is 0 Å². The Morgan fingerprint density at radius 2 is 1.48 bits per heavy atom. The molecule has 7 heteroatoms. The largest absolute Gasteiger partial charge is 0.416 e. The van der Waals surface area contributed by atoms with E-state index in [1.807, 2.05) is 0 Å². The van der Waals surface area contributed by atoms with Crippen LogP contribution in [-0.4, -0.2) is 0 Å². The van der Waals surface area contributed by atoms with Crippen LogP contribution in [0.15, 0.2) is 42.5 Å². The lowest BCUT2D eigenvalue weighted by molar-refractivity contribution is -0.143. The summed E-state index contributed by atoms with van der Waals surface area (Å²) in [6, 6.07) is 1.50. The molecule has 2 N–H and O–H groups in total. The topological polar surface area (TPSA) is 26.0 Å². The van der Waals surface area contributed by atoms with Gasteiger partial charge in [0.25, 0.3) is 0 Å². The Labute approximate surface area is 129 Å². The van der Waals surface area contributed by atoms with E-state index in [9.17, 15) is 26.3 Å². The summed E-state index contributed by atoms with van der Waals surface area (Å²) < 4.78 is 77.8.